The van der Waals surface area contributed by atoms with Crippen LogP contribution in [0.15, 0.2) is 48.7 Å². The zero-order chi connectivity index (χ0) is 16.4. The van der Waals surface area contributed by atoms with Crippen LogP contribution in [-0.4, -0.2) is 16.6 Å². The van der Waals surface area contributed by atoms with Gasteiger partial charge in [0.25, 0.3) is 0 Å². The van der Waals surface area contributed by atoms with Crippen LogP contribution >= 0.6 is 0 Å². The number of benzene rings is 2. The largest absolute Gasteiger partial charge is 0.384 e. The molecule has 2 aromatic carbocycles. The summed E-state index contributed by atoms with van der Waals surface area (Å²) in [6.45, 7) is 2.19. The molecule has 3 aromatic rings. The van der Waals surface area contributed by atoms with E-state index in [0.29, 0.717) is 6.54 Å². The van der Waals surface area contributed by atoms with Crippen molar-refractivity contribution in [1.29, 1.82) is 0 Å². The van der Waals surface area contributed by atoms with Crippen molar-refractivity contribution in [1.82, 2.24) is 10.3 Å². The quantitative estimate of drug-likeness (QED) is 0.675. The highest BCUT2D eigenvalue weighted by Crippen LogP contribution is 2.24. The van der Waals surface area contributed by atoms with Crippen molar-refractivity contribution < 1.29 is 13.9 Å². The van der Waals surface area contributed by atoms with E-state index in [0.717, 1.165) is 28.6 Å². The molecule has 3 N–H and O–H groups in total. The van der Waals surface area contributed by atoms with Crippen molar-refractivity contribution >= 4 is 10.9 Å². The number of nitrogens with one attached hydrogen (secondary N) is 2. The molecule has 0 saturated heterocycles. The van der Waals surface area contributed by atoms with Gasteiger partial charge >= 0.3 is 0 Å². The van der Waals surface area contributed by atoms with Crippen LogP contribution in [0.3, 0.4) is 0 Å². The summed E-state index contributed by atoms with van der Waals surface area (Å²) in [6.07, 6.45) is 1.87. The normalized spacial score (nSPS) is 14.1. The van der Waals surface area contributed by atoms with Crippen molar-refractivity contribution in [3.8, 4) is 0 Å². The van der Waals surface area contributed by atoms with Crippen LogP contribution < -0.4 is 5.32 Å². The molecule has 3 nitrogen and oxygen atoms in total. The zero-order valence-electron chi connectivity index (χ0n) is 12.7. The summed E-state index contributed by atoms with van der Waals surface area (Å²) in [6, 6.07) is 11.1. The molecule has 0 fully saturated rings. The molecule has 1 atom stereocenters. The second-order valence-electron chi connectivity index (χ2n) is 5.86. The molecule has 0 radical (unpaired) electrons. The molecule has 120 valence electrons. The molecule has 0 aliphatic carbocycles. The van der Waals surface area contributed by atoms with Gasteiger partial charge in [-0.1, -0.05) is 18.2 Å². The van der Waals surface area contributed by atoms with Crippen LogP contribution in [0.5, 0.6) is 0 Å². The van der Waals surface area contributed by atoms with Crippen LogP contribution in [-0.2, 0) is 12.1 Å². The first-order valence-corrected chi connectivity index (χ1v) is 7.41. The van der Waals surface area contributed by atoms with Crippen molar-refractivity contribution in [3.63, 3.8) is 0 Å². The number of H-pyrrole nitrogens is 1. The summed E-state index contributed by atoms with van der Waals surface area (Å²) in [4.78, 5) is 3.14. The topological polar surface area (TPSA) is 48.0 Å². The summed E-state index contributed by atoms with van der Waals surface area (Å²) in [7, 11) is 0. The molecule has 3 rings (SSSR count). The van der Waals surface area contributed by atoms with Gasteiger partial charge in [0.15, 0.2) is 0 Å². The lowest BCUT2D eigenvalue weighted by Crippen LogP contribution is -2.36. The average Bonchev–Trinajstić information content (AvgIpc) is 2.96. The van der Waals surface area contributed by atoms with Gasteiger partial charge in [-0.25, -0.2) is 8.78 Å². The molecule has 23 heavy (non-hydrogen) atoms. The van der Waals surface area contributed by atoms with E-state index in [1.54, 1.807) is 0 Å². The lowest BCUT2D eigenvalue weighted by molar-refractivity contribution is 0.0528. The molecule has 0 aliphatic rings. The van der Waals surface area contributed by atoms with Crippen LogP contribution in [0.25, 0.3) is 10.9 Å². The van der Waals surface area contributed by atoms with E-state index in [4.69, 9.17) is 0 Å². The Kier molecular flexibility index (Phi) is 4.15. The molecule has 0 aliphatic heterocycles. The second-order valence-corrected chi connectivity index (χ2v) is 5.86. The van der Waals surface area contributed by atoms with Gasteiger partial charge in [-0.05, 0) is 30.7 Å². The van der Waals surface area contributed by atoms with Crippen LogP contribution in [0.4, 0.5) is 8.78 Å². The Hall–Kier alpha value is -2.24. The number of hydrogen-bond donors (Lipinski definition) is 3. The minimum atomic E-state index is -1.43. The van der Waals surface area contributed by atoms with E-state index in [1.807, 2.05) is 30.5 Å². The number of fused-ring (bicyclic) bond motifs is 1. The Morgan fingerprint density at radius 2 is 2.00 bits per heavy atom. The molecular formula is C18H18F2N2O. The van der Waals surface area contributed by atoms with E-state index >= 15 is 0 Å². The summed E-state index contributed by atoms with van der Waals surface area (Å²) in [5.41, 5.74) is 0.773. The minimum Gasteiger partial charge on any atom is -0.384 e. The highest BCUT2D eigenvalue weighted by atomic mass is 19.1. The number of aliphatic hydroxyl groups is 1. The third-order valence-electron chi connectivity index (χ3n) is 3.98. The maximum Gasteiger partial charge on any atom is 0.132 e. The molecule has 1 unspecified atom stereocenters. The molecule has 0 amide bonds. The predicted octanol–water partition coefficient (Wildman–Crippen LogP) is 3.44. The molecule has 0 spiro atoms. The Morgan fingerprint density at radius 1 is 1.17 bits per heavy atom. The fourth-order valence-corrected chi connectivity index (χ4v) is 2.77. The third kappa shape index (κ3) is 3.25. The van der Waals surface area contributed by atoms with Crippen molar-refractivity contribution in [2.45, 2.75) is 19.1 Å². The van der Waals surface area contributed by atoms with E-state index in [9.17, 15) is 13.9 Å². The fourth-order valence-electron chi connectivity index (χ4n) is 2.77. The first-order chi connectivity index (χ1) is 11.0. The standard InChI is InChI=1S/C18H18F2N2O/c1-18(23,15-6-5-13(19)9-16(15)20)11-21-10-12-3-2-4-17-14(12)7-8-22-17/h2-9,21-23H,10-11H2,1H3. The third-order valence-corrected chi connectivity index (χ3v) is 3.98. The minimum absolute atomic E-state index is 0.0752. The van der Waals surface area contributed by atoms with Gasteiger partial charge < -0.3 is 15.4 Å². The molecule has 0 bridgehead atoms. The predicted molar refractivity (Wildman–Crippen MR) is 85.9 cm³/mol. The lowest BCUT2D eigenvalue weighted by atomic mass is 9.95. The summed E-state index contributed by atoms with van der Waals surface area (Å²) in [5, 5.41) is 14.7. The first-order valence-electron chi connectivity index (χ1n) is 7.41. The van der Waals surface area contributed by atoms with E-state index in [1.165, 1.54) is 13.0 Å². The van der Waals surface area contributed by atoms with Gasteiger partial charge in [-0.15, -0.1) is 0 Å². The lowest BCUT2D eigenvalue weighted by Gasteiger charge is -2.25. The summed E-state index contributed by atoms with van der Waals surface area (Å²) >= 11 is 0. The first kappa shape index (κ1) is 15.6. The van der Waals surface area contributed by atoms with Crippen molar-refractivity contribution in [2.24, 2.45) is 0 Å². The van der Waals surface area contributed by atoms with Crippen LogP contribution in [0.2, 0.25) is 0 Å². The Morgan fingerprint density at radius 3 is 2.78 bits per heavy atom. The average molecular weight is 316 g/mol. The van der Waals surface area contributed by atoms with Gasteiger partial charge in [-0.3, -0.25) is 0 Å². The highest BCUT2D eigenvalue weighted by molar-refractivity contribution is 5.82. The number of aromatic amines is 1. The Labute approximate surface area is 133 Å². The van der Waals surface area contributed by atoms with Gasteiger partial charge in [0.05, 0.1) is 0 Å². The maximum atomic E-state index is 13.8. The number of hydrogen-bond acceptors (Lipinski definition) is 2. The summed E-state index contributed by atoms with van der Waals surface area (Å²) < 4.78 is 26.8. The zero-order valence-corrected chi connectivity index (χ0v) is 12.7. The second kappa shape index (κ2) is 6.10. The summed E-state index contributed by atoms with van der Waals surface area (Å²) in [5.74, 6) is -1.40. The molecular weight excluding hydrogens is 298 g/mol. The Balaban J connectivity index is 1.71. The van der Waals surface area contributed by atoms with Crippen molar-refractivity contribution in [2.75, 3.05) is 6.54 Å². The maximum absolute atomic E-state index is 13.8. The number of aromatic nitrogens is 1. The van der Waals surface area contributed by atoms with Crippen molar-refractivity contribution in [3.05, 3.63) is 71.4 Å². The highest BCUT2D eigenvalue weighted by Gasteiger charge is 2.26. The van der Waals surface area contributed by atoms with Gasteiger partial charge in [-0.2, -0.15) is 0 Å². The van der Waals surface area contributed by atoms with Gasteiger partial charge in [0.2, 0.25) is 0 Å². The monoisotopic (exact) mass is 316 g/mol. The number of rotatable bonds is 5. The molecule has 5 heteroatoms. The van der Waals surface area contributed by atoms with Gasteiger partial charge in [0.1, 0.15) is 17.2 Å². The van der Waals surface area contributed by atoms with Gasteiger partial charge in [0, 0.05) is 41.8 Å². The Bertz CT molecular complexity index is 827. The SMILES string of the molecule is CC(O)(CNCc1cccc2[nH]ccc12)c1ccc(F)cc1F. The smallest absolute Gasteiger partial charge is 0.132 e. The molecule has 0 saturated carbocycles. The fraction of sp³-hybridized carbons (Fsp3) is 0.222. The van der Waals surface area contributed by atoms with E-state index < -0.39 is 17.2 Å². The molecule has 1 heterocycles. The van der Waals surface area contributed by atoms with E-state index in [2.05, 4.69) is 10.3 Å². The van der Waals surface area contributed by atoms with Crippen LogP contribution in [0.1, 0.15) is 18.1 Å². The number of halogens is 2. The van der Waals surface area contributed by atoms with E-state index in [-0.39, 0.29) is 12.1 Å². The molecule has 1 aromatic heterocycles. The van der Waals surface area contributed by atoms with Crippen LogP contribution in [0, 0.1) is 11.6 Å².